The maximum Gasteiger partial charge on any atom is 0.154 e. The summed E-state index contributed by atoms with van der Waals surface area (Å²) in [4.78, 5) is 14.1. The third-order valence-corrected chi connectivity index (χ3v) is 7.05. The first-order chi connectivity index (χ1) is 16.7. The average Bonchev–Trinajstić information content (AvgIpc) is 3.63. The molecule has 2 saturated heterocycles. The lowest BCUT2D eigenvalue weighted by atomic mass is 10.0. The van der Waals surface area contributed by atoms with E-state index in [1.807, 2.05) is 48.1 Å². The normalized spacial score (nSPS) is 20.5. The van der Waals surface area contributed by atoms with Crippen molar-refractivity contribution in [2.75, 3.05) is 36.5 Å². The molecule has 7 nitrogen and oxygen atoms in total. The van der Waals surface area contributed by atoms with Gasteiger partial charge in [-0.05, 0) is 68.3 Å². The molecule has 2 aliphatic heterocycles. The molecule has 3 aromatic heterocycles. The summed E-state index contributed by atoms with van der Waals surface area (Å²) < 4.78 is 15.8. The average molecular weight is 458 g/mol. The molecule has 0 spiro atoms. The Morgan fingerprint density at radius 3 is 2.76 bits per heavy atom. The molecule has 0 unspecified atom stereocenters. The van der Waals surface area contributed by atoms with Crippen LogP contribution in [0.3, 0.4) is 0 Å². The highest BCUT2D eigenvalue weighted by Gasteiger charge is 2.28. The maximum atomic E-state index is 13.9. The summed E-state index contributed by atoms with van der Waals surface area (Å²) in [6, 6.07) is 17.7. The molecule has 0 saturated carbocycles. The number of aromatic nitrogens is 4. The van der Waals surface area contributed by atoms with Crippen LogP contribution in [0, 0.1) is 5.82 Å². The molecule has 0 bridgehead atoms. The van der Waals surface area contributed by atoms with Gasteiger partial charge in [-0.3, -0.25) is 0 Å². The van der Waals surface area contributed by atoms with Gasteiger partial charge >= 0.3 is 0 Å². The van der Waals surface area contributed by atoms with Crippen LogP contribution in [0.15, 0.2) is 60.8 Å². The molecule has 1 aromatic carbocycles. The van der Waals surface area contributed by atoms with E-state index in [2.05, 4.69) is 26.2 Å². The minimum Gasteiger partial charge on any atom is -0.355 e. The zero-order chi connectivity index (χ0) is 23.1. The fourth-order valence-electron chi connectivity index (χ4n) is 5.24. The van der Waals surface area contributed by atoms with Gasteiger partial charge < -0.3 is 15.1 Å². The monoisotopic (exact) mass is 457 g/mol. The highest BCUT2D eigenvalue weighted by Crippen LogP contribution is 2.35. The number of nitrogens with zero attached hydrogens (tertiary/aromatic N) is 6. The van der Waals surface area contributed by atoms with Crippen molar-refractivity contribution in [1.82, 2.24) is 24.9 Å². The van der Waals surface area contributed by atoms with Crippen molar-refractivity contribution in [3.05, 3.63) is 72.2 Å². The van der Waals surface area contributed by atoms with Gasteiger partial charge in [-0.1, -0.05) is 18.2 Å². The largest absolute Gasteiger partial charge is 0.355 e. The molecule has 6 rings (SSSR count). The van der Waals surface area contributed by atoms with Gasteiger partial charge in [-0.2, -0.15) is 0 Å². The number of hydrogen-bond donors (Lipinski definition) is 1. The second-order valence-corrected chi connectivity index (χ2v) is 9.11. The Labute approximate surface area is 198 Å². The van der Waals surface area contributed by atoms with Gasteiger partial charge in [0, 0.05) is 25.7 Å². The zero-order valence-corrected chi connectivity index (χ0v) is 19.2. The zero-order valence-electron chi connectivity index (χ0n) is 19.2. The number of likely N-dealkylation sites (N-methyl/N-ethyl adjacent to an activating group) is 1. The van der Waals surface area contributed by atoms with Crippen LogP contribution in [0.5, 0.6) is 0 Å². The molecule has 2 fully saturated rings. The summed E-state index contributed by atoms with van der Waals surface area (Å²) in [6.07, 6.45) is 4.98. The molecule has 34 heavy (non-hydrogen) atoms. The summed E-state index contributed by atoms with van der Waals surface area (Å²) in [5, 5.41) is 8.33. The van der Waals surface area contributed by atoms with E-state index in [0.717, 1.165) is 73.1 Å². The van der Waals surface area contributed by atoms with Crippen LogP contribution in [0.1, 0.15) is 30.9 Å². The number of imidazole rings is 1. The summed E-state index contributed by atoms with van der Waals surface area (Å²) in [6.45, 7) is 2.84. The lowest BCUT2D eigenvalue weighted by Crippen LogP contribution is -2.29. The Morgan fingerprint density at radius 2 is 1.91 bits per heavy atom. The molecular formula is C26H28FN7. The third-order valence-electron chi connectivity index (χ3n) is 7.05. The van der Waals surface area contributed by atoms with E-state index in [1.54, 1.807) is 12.1 Å². The van der Waals surface area contributed by atoms with Crippen molar-refractivity contribution >= 4 is 17.3 Å². The van der Waals surface area contributed by atoms with E-state index in [9.17, 15) is 4.39 Å². The first-order valence-electron chi connectivity index (χ1n) is 12.0. The van der Waals surface area contributed by atoms with Crippen molar-refractivity contribution in [1.29, 1.82) is 0 Å². The predicted molar refractivity (Wildman–Crippen MR) is 132 cm³/mol. The Kier molecular flexibility index (Phi) is 5.37. The molecule has 174 valence electrons. The van der Waals surface area contributed by atoms with Crippen LogP contribution >= 0.6 is 0 Å². The Balaban J connectivity index is 1.34. The quantitative estimate of drug-likeness (QED) is 0.488. The van der Waals surface area contributed by atoms with Crippen LogP contribution in [-0.4, -0.2) is 52.3 Å². The molecule has 0 radical (unpaired) electrons. The number of nitrogens with one attached hydrogen (secondary N) is 1. The number of rotatable bonds is 5. The van der Waals surface area contributed by atoms with Gasteiger partial charge in [0.1, 0.15) is 23.1 Å². The smallest absolute Gasteiger partial charge is 0.154 e. The number of pyridine rings is 1. The molecule has 1 N–H and O–H groups in total. The van der Waals surface area contributed by atoms with Crippen molar-refractivity contribution in [3.63, 3.8) is 0 Å². The molecule has 8 heteroatoms. The highest BCUT2D eigenvalue weighted by atomic mass is 19.1. The van der Waals surface area contributed by atoms with E-state index in [0.29, 0.717) is 6.04 Å². The Morgan fingerprint density at radius 1 is 1.00 bits per heavy atom. The van der Waals surface area contributed by atoms with Gasteiger partial charge in [0.05, 0.1) is 17.9 Å². The van der Waals surface area contributed by atoms with E-state index in [-0.39, 0.29) is 11.9 Å². The van der Waals surface area contributed by atoms with Gasteiger partial charge in [0.15, 0.2) is 5.65 Å². The van der Waals surface area contributed by atoms with Crippen LogP contribution in [-0.2, 0) is 0 Å². The number of halogens is 1. The molecule has 2 atom stereocenters. The van der Waals surface area contributed by atoms with E-state index in [4.69, 9.17) is 10.1 Å². The minimum absolute atomic E-state index is 0.115. The number of benzene rings is 1. The standard InChI is InChI=1S/C26H28FN7/c1-28-20-12-14-32(17-20)25-9-3-7-21(30-25)23-16-29-24-10-11-26(31-34(23)24)33-13-4-8-22(33)18-5-2-6-19(27)15-18/h2-3,5-7,9-11,15-16,20,22,28H,4,8,12-14,17H2,1H3/t20-,22+/m0/s1. The lowest BCUT2D eigenvalue weighted by Gasteiger charge is -2.26. The molecule has 5 heterocycles. The molecule has 0 aliphatic carbocycles. The number of anilines is 2. The Bertz CT molecular complexity index is 1320. The topological polar surface area (TPSA) is 61.6 Å². The van der Waals surface area contributed by atoms with Crippen molar-refractivity contribution in [2.24, 2.45) is 0 Å². The molecule has 2 aliphatic rings. The van der Waals surface area contributed by atoms with E-state index >= 15 is 0 Å². The lowest BCUT2D eigenvalue weighted by molar-refractivity contribution is 0.616. The summed E-state index contributed by atoms with van der Waals surface area (Å²) in [7, 11) is 2.01. The van der Waals surface area contributed by atoms with Crippen molar-refractivity contribution < 1.29 is 4.39 Å². The molecule has 0 amide bonds. The molecule has 4 aromatic rings. The second kappa shape index (κ2) is 8.68. The summed E-state index contributed by atoms with van der Waals surface area (Å²) in [5.41, 5.74) is 3.49. The van der Waals surface area contributed by atoms with E-state index < -0.39 is 0 Å². The highest BCUT2D eigenvalue weighted by molar-refractivity contribution is 5.63. The molecular weight excluding hydrogens is 429 g/mol. The second-order valence-electron chi connectivity index (χ2n) is 9.11. The van der Waals surface area contributed by atoms with Crippen LogP contribution in [0.4, 0.5) is 16.0 Å². The maximum absolute atomic E-state index is 13.9. The van der Waals surface area contributed by atoms with Gasteiger partial charge in [0.25, 0.3) is 0 Å². The number of fused-ring (bicyclic) bond motifs is 1. The predicted octanol–water partition coefficient (Wildman–Crippen LogP) is 4.07. The van der Waals surface area contributed by atoms with Crippen molar-refractivity contribution in [3.8, 4) is 11.4 Å². The Hall–Kier alpha value is -3.52. The van der Waals surface area contributed by atoms with Gasteiger partial charge in [-0.25, -0.2) is 18.9 Å². The first-order valence-corrected chi connectivity index (χ1v) is 12.0. The van der Waals surface area contributed by atoms with Crippen LogP contribution < -0.4 is 15.1 Å². The summed E-state index contributed by atoms with van der Waals surface area (Å²) >= 11 is 0. The third kappa shape index (κ3) is 3.77. The van der Waals surface area contributed by atoms with Crippen LogP contribution in [0.25, 0.3) is 17.0 Å². The number of hydrogen-bond acceptors (Lipinski definition) is 6. The van der Waals surface area contributed by atoms with Gasteiger partial charge in [-0.15, -0.1) is 5.10 Å². The van der Waals surface area contributed by atoms with E-state index in [1.165, 1.54) is 6.07 Å². The van der Waals surface area contributed by atoms with Gasteiger partial charge in [0.2, 0.25) is 0 Å². The fraction of sp³-hybridized carbons (Fsp3) is 0.346. The summed E-state index contributed by atoms with van der Waals surface area (Å²) in [5.74, 6) is 1.65. The SMILES string of the molecule is CN[C@H]1CCN(c2cccc(-c3cnc4ccc(N5CCC[C@@H]5c5cccc(F)c5)nn34)n2)C1. The van der Waals surface area contributed by atoms with Crippen LogP contribution in [0.2, 0.25) is 0 Å². The minimum atomic E-state index is -0.199. The fourth-order valence-corrected chi connectivity index (χ4v) is 5.24. The van der Waals surface area contributed by atoms with Crippen molar-refractivity contribution in [2.45, 2.75) is 31.3 Å². The first kappa shape index (κ1) is 21.0.